The lowest BCUT2D eigenvalue weighted by Crippen LogP contribution is -2.45. The number of hydrogen-bond donors (Lipinski definition) is 1. The molecule has 1 aliphatic heterocycles. The monoisotopic (exact) mass is 558 g/mol. The zero-order chi connectivity index (χ0) is 28.6. The summed E-state index contributed by atoms with van der Waals surface area (Å²) in [5, 5.41) is 6.86. The highest BCUT2D eigenvalue weighted by Crippen LogP contribution is 2.44. The summed E-state index contributed by atoms with van der Waals surface area (Å²) in [5.74, 6) is -2.44. The molecule has 0 unspecified atom stereocenters. The first-order valence-corrected chi connectivity index (χ1v) is 13.7. The maximum Gasteiger partial charge on any atom is 0.249 e. The van der Waals surface area contributed by atoms with E-state index in [1.165, 1.54) is 0 Å². The van der Waals surface area contributed by atoms with Crippen molar-refractivity contribution in [3.8, 4) is 28.4 Å². The predicted molar refractivity (Wildman–Crippen MR) is 150 cm³/mol. The third-order valence-electron chi connectivity index (χ3n) is 7.65. The lowest BCUT2D eigenvalue weighted by Gasteiger charge is -2.36. The summed E-state index contributed by atoms with van der Waals surface area (Å²) in [6.07, 6.45) is 3.55. The van der Waals surface area contributed by atoms with Crippen LogP contribution in [-0.2, 0) is 24.3 Å². The third kappa shape index (κ3) is 6.12. The van der Waals surface area contributed by atoms with Crippen molar-refractivity contribution in [1.29, 1.82) is 0 Å². The normalized spacial score (nSPS) is 16.1. The molecule has 0 spiro atoms. The number of H-pyrrole nitrogens is 1. The van der Waals surface area contributed by atoms with E-state index in [1.54, 1.807) is 11.1 Å². The average Bonchev–Trinajstić information content (AvgIpc) is 3.61. The van der Waals surface area contributed by atoms with Crippen molar-refractivity contribution in [3.05, 3.63) is 83.3 Å². The SMILES string of the molecule is CN(C)CCOc1cc(Cc2ccc(-c3cn[nH]c3)cc2)nc(-c2ccc3c(c2)CN(C(=O)C2CC(F)(F)C2)C3)n1. The van der Waals surface area contributed by atoms with Gasteiger partial charge in [0.25, 0.3) is 0 Å². The van der Waals surface area contributed by atoms with Crippen molar-refractivity contribution >= 4 is 5.91 Å². The Kier molecular flexibility index (Phi) is 7.25. The highest BCUT2D eigenvalue weighted by Gasteiger charge is 2.50. The van der Waals surface area contributed by atoms with Crippen LogP contribution in [0.2, 0.25) is 0 Å². The third-order valence-corrected chi connectivity index (χ3v) is 7.65. The number of carbonyl (C=O) groups excluding carboxylic acids is 1. The Morgan fingerprint density at radius 3 is 2.49 bits per heavy atom. The molecular weight excluding hydrogens is 526 g/mol. The van der Waals surface area contributed by atoms with Crippen LogP contribution in [-0.4, -0.2) is 69.0 Å². The minimum atomic E-state index is -2.71. The summed E-state index contributed by atoms with van der Waals surface area (Å²) >= 11 is 0. The van der Waals surface area contributed by atoms with Crippen molar-refractivity contribution in [2.24, 2.45) is 5.92 Å². The van der Waals surface area contributed by atoms with E-state index in [1.807, 2.05) is 49.5 Å². The number of nitrogens with zero attached hydrogens (tertiary/aromatic N) is 5. The van der Waals surface area contributed by atoms with Crippen LogP contribution in [0.25, 0.3) is 22.5 Å². The molecule has 2 aromatic heterocycles. The number of alkyl halides is 2. The zero-order valence-electron chi connectivity index (χ0n) is 23.1. The molecule has 0 saturated heterocycles. The minimum absolute atomic E-state index is 0.192. The van der Waals surface area contributed by atoms with E-state index in [4.69, 9.17) is 14.7 Å². The molecule has 1 saturated carbocycles. The molecule has 0 radical (unpaired) electrons. The predicted octanol–water partition coefficient (Wildman–Crippen LogP) is 4.95. The van der Waals surface area contributed by atoms with Gasteiger partial charge in [0, 0.05) is 68.2 Å². The average molecular weight is 559 g/mol. The molecular formula is C31H32F2N6O2. The smallest absolute Gasteiger partial charge is 0.249 e. The van der Waals surface area contributed by atoms with Crippen LogP contribution in [0.5, 0.6) is 5.88 Å². The number of benzene rings is 2. The van der Waals surface area contributed by atoms with E-state index < -0.39 is 11.8 Å². The summed E-state index contributed by atoms with van der Waals surface area (Å²) in [4.78, 5) is 26.1. The largest absolute Gasteiger partial charge is 0.476 e. The first kappa shape index (κ1) is 27.0. The molecule has 6 rings (SSSR count). The second-order valence-corrected chi connectivity index (χ2v) is 11.2. The van der Waals surface area contributed by atoms with Gasteiger partial charge >= 0.3 is 0 Å². The Morgan fingerprint density at radius 2 is 1.78 bits per heavy atom. The second-order valence-electron chi connectivity index (χ2n) is 11.2. The molecule has 0 atom stereocenters. The molecule has 1 fully saturated rings. The number of rotatable bonds is 9. The summed E-state index contributed by atoms with van der Waals surface area (Å²) in [7, 11) is 3.98. The van der Waals surface area contributed by atoms with Crippen LogP contribution in [0.15, 0.2) is 60.9 Å². The van der Waals surface area contributed by atoms with E-state index in [-0.39, 0.29) is 18.7 Å². The van der Waals surface area contributed by atoms with E-state index in [9.17, 15) is 13.6 Å². The summed E-state index contributed by atoms with van der Waals surface area (Å²) in [5.41, 5.74) is 6.86. The van der Waals surface area contributed by atoms with E-state index in [0.717, 1.165) is 45.6 Å². The summed E-state index contributed by atoms with van der Waals surface area (Å²) in [6, 6.07) is 16.1. The molecule has 1 aliphatic carbocycles. The molecule has 41 heavy (non-hydrogen) atoms. The maximum atomic E-state index is 13.3. The Hall–Kier alpha value is -4.18. The number of aromatic amines is 1. The van der Waals surface area contributed by atoms with Crippen molar-refractivity contribution in [3.63, 3.8) is 0 Å². The number of likely N-dealkylation sites (N-methyl/N-ethyl adjacent to an activating group) is 1. The minimum Gasteiger partial charge on any atom is -0.476 e. The highest BCUT2D eigenvalue weighted by molar-refractivity contribution is 5.81. The fourth-order valence-electron chi connectivity index (χ4n) is 5.32. The molecule has 2 aromatic carbocycles. The van der Waals surface area contributed by atoms with Crippen molar-refractivity contribution < 1.29 is 18.3 Å². The molecule has 4 aromatic rings. The fraction of sp³-hybridized carbons (Fsp3) is 0.355. The van der Waals surface area contributed by atoms with Crippen molar-refractivity contribution in [1.82, 2.24) is 30.0 Å². The van der Waals surface area contributed by atoms with Crippen molar-refractivity contribution in [2.75, 3.05) is 27.2 Å². The van der Waals surface area contributed by atoms with Crippen molar-refractivity contribution in [2.45, 2.75) is 38.3 Å². The van der Waals surface area contributed by atoms with Crippen LogP contribution in [0, 0.1) is 5.92 Å². The molecule has 10 heteroatoms. The Balaban J connectivity index is 1.22. The van der Waals surface area contributed by atoms with Gasteiger partial charge in [0.15, 0.2) is 5.82 Å². The summed E-state index contributed by atoms with van der Waals surface area (Å²) < 4.78 is 32.7. The van der Waals surface area contributed by atoms with Gasteiger partial charge in [0.2, 0.25) is 17.7 Å². The van der Waals surface area contributed by atoms with E-state index in [0.29, 0.717) is 37.8 Å². The lowest BCUT2D eigenvalue weighted by atomic mass is 9.80. The molecule has 8 nitrogen and oxygen atoms in total. The number of ether oxygens (including phenoxy) is 1. The lowest BCUT2D eigenvalue weighted by molar-refractivity contribution is -0.160. The number of nitrogens with one attached hydrogen (secondary N) is 1. The Labute approximate surface area is 237 Å². The van der Waals surface area contributed by atoms with Crippen LogP contribution < -0.4 is 4.74 Å². The molecule has 2 aliphatic rings. The second kappa shape index (κ2) is 11.0. The maximum absolute atomic E-state index is 13.3. The first-order valence-electron chi connectivity index (χ1n) is 13.7. The number of amides is 1. The molecule has 0 bridgehead atoms. The van der Waals surface area contributed by atoms with Gasteiger partial charge < -0.3 is 14.5 Å². The zero-order valence-corrected chi connectivity index (χ0v) is 23.1. The first-order chi connectivity index (χ1) is 19.7. The topological polar surface area (TPSA) is 87.2 Å². The van der Waals surface area contributed by atoms with Gasteiger partial charge in [-0.25, -0.2) is 13.8 Å². The standard InChI is InChI=1S/C31H32F2N6O2/c1-38(2)9-10-41-28-13-27(11-20-3-5-21(6-4-20)26-16-34-35-17-26)36-29(37-28)22-7-8-23-18-39(19-24(23)12-22)30(40)25-14-31(32,33)15-25/h3-8,12-13,16-17,25H,9-11,14-15,18-19H2,1-2H3,(H,34,35). The number of fused-ring (bicyclic) bond motifs is 1. The van der Waals surface area contributed by atoms with Gasteiger partial charge in [-0.05, 0) is 42.4 Å². The Bertz CT molecular complexity index is 1530. The number of halogens is 2. The fourth-order valence-corrected chi connectivity index (χ4v) is 5.32. The van der Waals surface area contributed by atoms with Gasteiger partial charge in [-0.15, -0.1) is 0 Å². The van der Waals surface area contributed by atoms with Gasteiger partial charge in [-0.2, -0.15) is 10.1 Å². The summed E-state index contributed by atoms with van der Waals surface area (Å²) in [6.45, 7) is 2.08. The number of hydrogen-bond acceptors (Lipinski definition) is 6. The van der Waals surface area contributed by atoms with Crippen LogP contribution >= 0.6 is 0 Å². The van der Waals surface area contributed by atoms with Gasteiger partial charge in [0.1, 0.15) is 6.61 Å². The van der Waals surface area contributed by atoms with E-state index >= 15 is 0 Å². The molecule has 3 heterocycles. The molecule has 1 N–H and O–H groups in total. The molecule has 1 amide bonds. The van der Waals surface area contributed by atoms with Gasteiger partial charge in [-0.3, -0.25) is 9.89 Å². The van der Waals surface area contributed by atoms with Gasteiger partial charge in [0.05, 0.1) is 11.9 Å². The van der Waals surface area contributed by atoms with Crippen LogP contribution in [0.3, 0.4) is 0 Å². The Morgan fingerprint density at radius 1 is 1.02 bits per heavy atom. The van der Waals surface area contributed by atoms with E-state index in [2.05, 4.69) is 34.5 Å². The van der Waals surface area contributed by atoms with Gasteiger partial charge in [-0.1, -0.05) is 36.4 Å². The van der Waals surface area contributed by atoms with Crippen LogP contribution in [0.1, 0.15) is 35.2 Å². The molecule has 212 valence electrons. The number of aromatic nitrogens is 4. The quantitative estimate of drug-likeness (QED) is 0.313. The van der Waals surface area contributed by atoms with Crippen LogP contribution in [0.4, 0.5) is 8.78 Å². The number of carbonyl (C=O) groups is 1. The highest BCUT2D eigenvalue weighted by atomic mass is 19.3.